The van der Waals surface area contributed by atoms with E-state index in [1.165, 1.54) is 12.2 Å². The molecule has 168 valence electrons. The Kier molecular flexibility index (Phi) is 11.2. The molecule has 0 aromatic heterocycles. The lowest BCUT2D eigenvalue weighted by Gasteiger charge is -2.45. The van der Waals surface area contributed by atoms with Gasteiger partial charge >= 0.3 is 0 Å². The van der Waals surface area contributed by atoms with Crippen molar-refractivity contribution in [2.24, 2.45) is 0 Å². The highest BCUT2D eigenvalue weighted by atomic mass is 16.7. The normalized spacial score (nSPS) is 32.9. The molecule has 1 heterocycles. The van der Waals surface area contributed by atoms with Crippen LogP contribution in [-0.2, 0) is 14.3 Å². The Hall–Kier alpha value is -0.480. The van der Waals surface area contributed by atoms with Crippen molar-refractivity contribution in [3.63, 3.8) is 0 Å². The molecule has 1 unspecified atom stereocenters. The molecule has 0 radical (unpaired) electrons. The van der Waals surface area contributed by atoms with Crippen molar-refractivity contribution in [1.82, 2.24) is 5.06 Å². The summed E-state index contributed by atoms with van der Waals surface area (Å²) in [6.45, 7) is 0.214. The number of hydrogen-bond acceptors (Lipinski definition) is 12. The smallest absolute Gasteiger partial charge is 0.178 e. The summed E-state index contributed by atoms with van der Waals surface area (Å²) in [6, 6.07) is -1.01. The number of nitrogens with zero attached hydrogens (tertiary/aromatic N) is 1. The maximum absolute atomic E-state index is 10.4. The van der Waals surface area contributed by atoms with Gasteiger partial charge in [-0.05, 0) is 6.42 Å². The largest absolute Gasteiger partial charge is 0.394 e. The molecule has 12 nitrogen and oxygen atoms in total. The number of rotatable bonds is 12. The number of hydrogen-bond donors (Lipinski definition) is 8. The van der Waals surface area contributed by atoms with Gasteiger partial charge in [-0.25, -0.2) is 0 Å². The van der Waals surface area contributed by atoms with Gasteiger partial charge < -0.3 is 55.2 Å². The first-order valence-electron chi connectivity index (χ1n) is 9.11. The van der Waals surface area contributed by atoms with E-state index in [1.807, 2.05) is 6.92 Å². The van der Waals surface area contributed by atoms with E-state index in [0.29, 0.717) is 13.0 Å². The van der Waals surface area contributed by atoms with Crippen LogP contribution in [0.1, 0.15) is 13.3 Å². The highest BCUT2D eigenvalue weighted by molar-refractivity contribution is 4.93. The van der Waals surface area contributed by atoms with Gasteiger partial charge in [-0.15, -0.1) is 0 Å². The Morgan fingerprint density at radius 1 is 1.00 bits per heavy atom. The zero-order valence-corrected chi connectivity index (χ0v) is 16.0. The third kappa shape index (κ3) is 6.26. The van der Waals surface area contributed by atoms with Crippen LogP contribution in [0.4, 0.5) is 0 Å². The van der Waals surface area contributed by atoms with Gasteiger partial charge in [0.2, 0.25) is 0 Å². The summed E-state index contributed by atoms with van der Waals surface area (Å²) in [5.41, 5.74) is 0. The molecule has 0 aromatic rings. The van der Waals surface area contributed by atoms with E-state index in [9.17, 15) is 35.7 Å². The van der Waals surface area contributed by atoms with E-state index in [4.69, 9.17) is 19.4 Å². The van der Waals surface area contributed by atoms with Crippen molar-refractivity contribution in [3.8, 4) is 0 Å². The lowest BCUT2D eigenvalue weighted by atomic mass is 9.96. The Morgan fingerprint density at radius 2 is 1.61 bits per heavy atom. The molecule has 8 N–H and O–H groups in total. The summed E-state index contributed by atoms with van der Waals surface area (Å²) in [5, 5.41) is 78.9. The van der Waals surface area contributed by atoms with Crippen LogP contribution >= 0.6 is 0 Å². The van der Waals surface area contributed by atoms with Crippen molar-refractivity contribution in [1.29, 1.82) is 0 Å². The Morgan fingerprint density at radius 3 is 2.11 bits per heavy atom. The molecule has 0 aliphatic carbocycles. The summed E-state index contributed by atoms with van der Waals surface area (Å²) in [6.07, 6.45) is -11.6. The minimum Gasteiger partial charge on any atom is -0.394 e. The standard InChI is InChI=1S/C16H33NO11/c1-3-4-17(26-2)11-15(25)14(24)10(6-19)28-16(11)27-7-9(21)13(23)12(22)8(20)5-18/h8-16,18-25H,3-7H2,1-2H3/t8-,9-,10-,11-,12-,13-,14-,15-,16?/m1/s1. The quantitative estimate of drug-likeness (QED) is 0.143. The zero-order valence-electron chi connectivity index (χ0n) is 16.0. The SMILES string of the molecule is CCCN(OC)[C@H]1C(OC[C@@H](O)[C@@H](O)[C@H](O)[C@H](O)CO)O[C@H](CO)[C@@H](O)[C@@H]1O. The minimum atomic E-state index is -1.83. The number of ether oxygens (including phenoxy) is 2. The molecule has 1 aliphatic heterocycles. The van der Waals surface area contributed by atoms with Gasteiger partial charge in [0.05, 0.1) is 26.9 Å². The van der Waals surface area contributed by atoms with Gasteiger partial charge in [0, 0.05) is 6.54 Å². The van der Waals surface area contributed by atoms with Crippen molar-refractivity contribution in [3.05, 3.63) is 0 Å². The van der Waals surface area contributed by atoms with Crippen LogP contribution in [0.3, 0.4) is 0 Å². The molecule has 0 bridgehead atoms. The maximum Gasteiger partial charge on any atom is 0.178 e. The number of hydroxylamine groups is 2. The highest BCUT2D eigenvalue weighted by Crippen LogP contribution is 2.26. The van der Waals surface area contributed by atoms with E-state index >= 15 is 0 Å². The van der Waals surface area contributed by atoms with E-state index in [2.05, 4.69) is 0 Å². The minimum absolute atomic E-state index is 0.352. The van der Waals surface area contributed by atoms with Crippen molar-refractivity contribution in [2.45, 2.75) is 68.4 Å². The number of aliphatic hydroxyl groups is 8. The average Bonchev–Trinajstić information content (AvgIpc) is 2.71. The summed E-state index contributed by atoms with van der Waals surface area (Å²) in [5.74, 6) is 0. The van der Waals surface area contributed by atoms with Crippen LogP contribution in [0.2, 0.25) is 0 Å². The first-order valence-corrected chi connectivity index (χ1v) is 9.11. The molecule has 12 heteroatoms. The third-order valence-corrected chi connectivity index (χ3v) is 4.62. The van der Waals surface area contributed by atoms with Crippen molar-refractivity contribution >= 4 is 0 Å². The molecule has 9 atom stereocenters. The Labute approximate surface area is 163 Å². The molecule has 0 aromatic carbocycles. The number of aliphatic hydroxyl groups excluding tert-OH is 8. The predicted molar refractivity (Wildman–Crippen MR) is 92.6 cm³/mol. The monoisotopic (exact) mass is 415 g/mol. The van der Waals surface area contributed by atoms with Crippen LogP contribution in [0.15, 0.2) is 0 Å². The fourth-order valence-electron chi connectivity index (χ4n) is 2.95. The molecule has 28 heavy (non-hydrogen) atoms. The first-order chi connectivity index (χ1) is 13.2. The molecule has 1 aliphatic rings. The van der Waals surface area contributed by atoms with Gasteiger partial charge in [-0.1, -0.05) is 6.92 Å². The third-order valence-electron chi connectivity index (χ3n) is 4.62. The molecule has 1 fully saturated rings. The highest BCUT2D eigenvalue weighted by Gasteiger charge is 2.48. The molecule has 0 amide bonds. The molecule has 0 spiro atoms. The van der Waals surface area contributed by atoms with E-state index < -0.39 is 74.9 Å². The summed E-state index contributed by atoms with van der Waals surface area (Å²) in [4.78, 5) is 5.21. The average molecular weight is 415 g/mol. The molecule has 0 saturated carbocycles. The van der Waals surface area contributed by atoms with Gasteiger partial charge in [0.15, 0.2) is 6.29 Å². The maximum atomic E-state index is 10.4. The van der Waals surface area contributed by atoms with Crippen LogP contribution < -0.4 is 0 Å². The van der Waals surface area contributed by atoms with Crippen LogP contribution in [0.25, 0.3) is 0 Å². The molecular weight excluding hydrogens is 382 g/mol. The lowest BCUT2D eigenvalue weighted by Crippen LogP contribution is -2.65. The second-order valence-electron chi connectivity index (χ2n) is 6.65. The van der Waals surface area contributed by atoms with Crippen LogP contribution in [0, 0.1) is 0 Å². The van der Waals surface area contributed by atoms with Gasteiger partial charge in [0.1, 0.15) is 48.8 Å². The van der Waals surface area contributed by atoms with Crippen molar-refractivity contribution in [2.75, 3.05) is 33.5 Å². The second-order valence-corrected chi connectivity index (χ2v) is 6.65. The van der Waals surface area contributed by atoms with Crippen molar-refractivity contribution < 1.29 is 55.2 Å². The Balaban J connectivity index is 2.86. The van der Waals surface area contributed by atoms with Gasteiger partial charge in [-0.3, -0.25) is 0 Å². The lowest BCUT2D eigenvalue weighted by molar-refractivity contribution is -0.331. The summed E-state index contributed by atoms with van der Waals surface area (Å²) in [7, 11) is 1.36. The van der Waals surface area contributed by atoms with E-state index in [1.54, 1.807) is 0 Å². The van der Waals surface area contributed by atoms with Crippen LogP contribution in [0.5, 0.6) is 0 Å². The summed E-state index contributed by atoms with van der Waals surface area (Å²) < 4.78 is 10.9. The fourth-order valence-corrected chi connectivity index (χ4v) is 2.95. The first kappa shape index (κ1) is 25.6. The van der Waals surface area contributed by atoms with E-state index in [0.717, 1.165) is 0 Å². The van der Waals surface area contributed by atoms with Crippen LogP contribution in [-0.4, -0.2) is 134 Å². The molecule has 1 rings (SSSR count). The summed E-state index contributed by atoms with van der Waals surface area (Å²) >= 11 is 0. The Bertz CT molecular complexity index is 431. The predicted octanol–water partition coefficient (Wildman–Crippen LogP) is -4.48. The molecular formula is C16H33NO11. The fraction of sp³-hybridized carbons (Fsp3) is 1.00. The van der Waals surface area contributed by atoms with E-state index in [-0.39, 0.29) is 0 Å². The topological polar surface area (TPSA) is 193 Å². The van der Waals surface area contributed by atoms with Gasteiger partial charge in [0.25, 0.3) is 0 Å². The zero-order chi connectivity index (χ0) is 21.4. The van der Waals surface area contributed by atoms with Gasteiger partial charge in [-0.2, -0.15) is 5.06 Å². The second kappa shape index (κ2) is 12.3. The molecule has 1 saturated heterocycles.